The number of hydrogen-bond donors (Lipinski definition) is 1. The van der Waals surface area contributed by atoms with Crippen molar-refractivity contribution in [1.29, 1.82) is 0 Å². The molecule has 0 aliphatic rings. The molecule has 1 heterocycles. The Morgan fingerprint density at radius 2 is 2.38 bits per heavy atom. The zero-order valence-electron chi connectivity index (χ0n) is 8.94. The smallest absolute Gasteiger partial charge is 0.111 e. The van der Waals surface area contributed by atoms with Gasteiger partial charge in [0.15, 0.2) is 0 Å². The minimum Gasteiger partial charge on any atom is -0.385 e. The summed E-state index contributed by atoms with van der Waals surface area (Å²) < 4.78 is 6.08. The van der Waals surface area contributed by atoms with E-state index in [-0.39, 0.29) is 6.04 Å². The third-order valence-corrected chi connectivity index (χ3v) is 3.70. The molecule has 3 nitrogen and oxygen atoms in total. The first-order valence-electron chi connectivity index (χ1n) is 5.01. The van der Waals surface area contributed by atoms with E-state index in [1.54, 1.807) is 18.4 Å². The van der Waals surface area contributed by atoms with Gasteiger partial charge in [0.05, 0.1) is 16.3 Å². The lowest BCUT2D eigenvalue weighted by molar-refractivity contribution is 0.188. The Bertz CT molecular complexity index is 486. The molecular formula is C11H13ClN2OS. The van der Waals surface area contributed by atoms with Gasteiger partial charge in [-0.1, -0.05) is 11.6 Å². The second-order valence-electron chi connectivity index (χ2n) is 3.55. The molecule has 1 aromatic heterocycles. The second kappa shape index (κ2) is 5.10. The van der Waals surface area contributed by atoms with Gasteiger partial charge in [-0.15, -0.1) is 11.3 Å². The molecule has 1 aromatic carbocycles. The Morgan fingerprint density at radius 3 is 3.12 bits per heavy atom. The minimum absolute atomic E-state index is 0.0591. The summed E-state index contributed by atoms with van der Waals surface area (Å²) in [5.41, 5.74) is 6.97. The molecule has 0 bridgehead atoms. The zero-order valence-corrected chi connectivity index (χ0v) is 10.5. The van der Waals surface area contributed by atoms with Gasteiger partial charge in [-0.05, 0) is 24.6 Å². The number of thiazole rings is 1. The van der Waals surface area contributed by atoms with Gasteiger partial charge in [0, 0.05) is 18.7 Å². The normalized spacial score (nSPS) is 13.2. The maximum atomic E-state index is 6.02. The third-order valence-electron chi connectivity index (χ3n) is 2.32. The fourth-order valence-corrected chi connectivity index (χ4v) is 2.72. The average Bonchev–Trinajstić information content (AvgIpc) is 2.68. The largest absolute Gasteiger partial charge is 0.385 e. The molecule has 2 rings (SSSR count). The highest BCUT2D eigenvalue weighted by Gasteiger charge is 2.11. The van der Waals surface area contributed by atoms with E-state index >= 15 is 0 Å². The number of aromatic nitrogens is 1. The maximum absolute atomic E-state index is 6.02. The van der Waals surface area contributed by atoms with Crippen LogP contribution in [0.3, 0.4) is 0 Å². The topological polar surface area (TPSA) is 48.1 Å². The number of ether oxygens (including phenoxy) is 1. The van der Waals surface area contributed by atoms with Gasteiger partial charge in [0.1, 0.15) is 5.01 Å². The van der Waals surface area contributed by atoms with E-state index in [4.69, 9.17) is 22.1 Å². The molecule has 1 atom stereocenters. The summed E-state index contributed by atoms with van der Waals surface area (Å²) in [5.74, 6) is 0. The molecule has 2 N–H and O–H groups in total. The number of nitrogens with zero attached hydrogens (tertiary/aromatic N) is 1. The van der Waals surface area contributed by atoms with Gasteiger partial charge < -0.3 is 10.5 Å². The fraction of sp³-hybridized carbons (Fsp3) is 0.364. The summed E-state index contributed by atoms with van der Waals surface area (Å²) in [4.78, 5) is 4.49. The molecule has 2 aromatic rings. The SMILES string of the molecule is COCCC(N)c1nc2ccc(Cl)cc2s1. The van der Waals surface area contributed by atoms with Crippen molar-refractivity contribution < 1.29 is 4.74 Å². The van der Waals surface area contributed by atoms with Crippen LogP contribution in [0.4, 0.5) is 0 Å². The molecule has 5 heteroatoms. The van der Waals surface area contributed by atoms with E-state index in [1.165, 1.54) is 0 Å². The van der Waals surface area contributed by atoms with Crippen LogP contribution < -0.4 is 5.73 Å². The molecule has 0 aliphatic carbocycles. The van der Waals surface area contributed by atoms with Crippen molar-refractivity contribution in [2.45, 2.75) is 12.5 Å². The highest BCUT2D eigenvalue weighted by molar-refractivity contribution is 7.18. The van der Waals surface area contributed by atoms with E-state index in [2.05, 4.69) is 4.98 Å². The molecule has 16 heavy (non-hydrogen) atoms. The summed E-state index contributed by atoms with van der Waals surface area (Å²) in [7, 11) is 1.67. The van der Waals surface area contributed by atoms with E-state index in [0.717, 1.165) is 26.7 Å². The molecule has 0 spiro atoms. The highest BCUT2D eigenvalue weighted by atomic mass is 35.5. The molecule has 0 radical (unpaired) electrons. The van der Waals surface area contributed by atoms with Crippen molar-refractivity contribution in [3.8, 4) is 0 Å². The Morgan fingerprint density at radius 1 is 1.56 bits per heavy atom. The van der Waals surface area contributed by atoms with Gasteiger partial charge in [0.2, 0.25) is 0 Å². The number of fused-ring (bicyclic) bond motifs is 1. The van der Waals surface area contributed by atoms with Gasteiger partial charge in [0.25, 0.3) is 0 Å². The van der Waals surface area contributed by atoms with Crippen molar-refractivity contribution >= 4 is 33.2 Å². The Balaban J connectivity index is 2.25. The minimum atomic E-state index is -0.0591. The first kappa shape index (κ1) is 11.8. The van der Waals surface area contributed by atoms with E-state index in [0.29, 0.717) is 6.61 Å². The first-order valence-corrected chi connectivity index (χ1v) is 6.20. The summed E-state index contributed by atoms with van der Waals surface area (Å²) >= 11 is 7.51. The molecule has 0 saturated heterocycles. The van der Waals surface area contributed by atoms with Crippen molar-refractivity contribution in [2.75, 3.05) is 13.7 Å². The van der Waals surface area contributed by atoms with Crippen molar-refractivity contribution in [3.05, 3.63) is 28.2 Å². The summed E-state index contributed by atoms with van der Waals surface area (Å²) in [6, 6.07) is 5.62. The van der Waals surface area contributed by atoms with Crippen LogP contribution in [0, 0.1) is 0 Å². The van der Waals surface area contributed by atoms with Crippen molar-refractivity contribution in [3.63, 3.8) is 0 Å². The zero-order chi connectivity index (χ0) is 11.5. The third kappa shape index (κ3) is 2.52. The number of hydrogen-bond acceptors (Lipinski definition) is 4. The van der Waals surface area contributed by atoms with Crippen molar-refractivity contribution in [2.24, 2.45) is 5.73 Å². The summed E-state index contributed by atoms with van der Waals surface area (Å²) in [6.07, 6.45) is 0.782. The quantitative estimate of drug-likeness (QED) is 0.915. The van der Waals surface area contributed by atoms with E-state index in [1.807, 2.05) is 18.2 Å². The van der Waals surface area contributed by atoms with Crippen LogP contribution >= 0.6 is 22.9 Å². The molecule has 0 fully saturated rings. The summed E-state index contributed by atoms with van der Waals surface area (Å²) in [6.45, 7) is 0.651. The fourth-order valence-electron chi connectivity index (χ4n) is 1.44. The molecule has 0 amide bonds. The van der Waals surface area contributed by atoms with Gasteiger partial charge in [-0.25, -0.2) is 4.98 Å². The molecular weight excluding hydrogens is 244 g/mol. The summed E-state index contributed by atoms with van der Waals surface area (Å²) in [5, 5.41) is 1.67. The molecule has 0 aliphatic heterocycles. The number of benzene rings is 1. The van der Waals surface area contributed by atoms with Crippen molar-refractivity contribution in [1.82, 2.24) is 4.98 Å². The number of rotatable bonds is 4. The second-order valence-corrected chi connectivity index (χ2v) is 5.05. The van der Waals surface area contributed by atoms with Crippen LogP contribution in [0.1, 0.15) is 17.5 Å². The van der Waals surface area contributed by atoms with Crippen LogP contribution in [0.25, 0.3) is 10.2 Å². The maximum Gasteiger partial charge on any atom is 0.111 e. The molecule has 1 unspecified atom stereocenters. The first-order chi connectivity index (χ1) is 7.70. The predicted octanol–water partition coefficient (Wildman–Crippen LogP) is 2.99. The van der Waals surface area contributed by atoms with Crippen LogP contribution in [0.2, 0.25) is 5.02 Å². The number of halogens is 1. The highest BCUT2D eigenvalue weighted by Crippen LogP contribution is 2.28. The van der Waals surface area contributed by atoms with Crippen LogP contribution in [-0.4, -0.2) is 18.7 Å². The van der Waals surface area contributed by atoms with Gasteiger partial charge >= 0.3 is 0 Å². The van der Waals surface area contributed by atoms with E-state index < -0.39 is 0 Å². The predicted molar refractivity (Wildman–Crippen MR) is 68.1 cm³/mol. The lowest BCUT2D eigenvalue weighted by Crippen LogP contribution is -2.12. The Kier molecular flexibility index (Phi) is 3.76. The number of nitrogens with two attached hydrogens (primary N) is 1. The van der Waals surface area contributed by atoms with Gasteiger partial charge in [-0.3, -0.25) is 0 Å². The Labute approximate surface area is 103 Å². The van der Waals surface area contributed by atoms with E-state index in [9.17, 15) is 0 Å². The van der Waals surface area contributed by atoms with Crippen LogP contribution in [0.15, 0.2) is 18.2 Å². The molecule has 86 valence electrons. The lowest BCUT2D eigenvalue weighted by atomic mass is 10.2. The standard InChI is InChI=1S/C11H13ClN2OS/c1-15-5-4-8(13)11-14-9-3-2-7(12)6-10(9)16-11/h2-3,6,8H,4-5,13H2,1H3. The van der Waals surface area contributed by atoms with Crippen LogP contribution in [-0.2, 0) is 4.74 Å². The van der Waals surface area contributed by atoms with Gasteiger partial charge in [-0.2, -0.15) is 0 Å². The molecule has 0 saturated carbocycles. The lowest BCUT2D eigenvalue weighted by Gasteiger charge is -2.06. The average molecular weight is 257 g/mol. The monoisotopic (exact) mass is 256 g/mol. The van der Waals surface area contributed by atoms with Crippen LogP contribution in [0.5, 0.6) is 0 Å². The Hall–Kier alpha value is -0.680. The number of methoxy groups -OCH3 is 1.